The maximum absolute atomic E-state index is 11.5. The van der Waals surface area contributed by atoms with Crippen LogP contribution in [0, 0.1) is 23.7 Å². The van der Waals surface area contributed by atoms with Gasteiger partial charge in [-0.05, 0) is 65.2 Å². The van der Waals surface area contributed by atoms with Gasteiger partial charge in [-0.25, -0.2) is 28.8 Å². The zero-order valence-corrected chi connectivity index (χ0v) is 39.6. The molecule has 8 bridgehead atoms. The van der Waals surface area contributed by atoms with Crippen LogP contribution in [-0.4, -0.2) is 134 Å². The molecule has 4 saturated heterocycles. The largest absolute Gasteiger partial charge is 0.458 e. The summed E-state index contributed by atoms with van der Waals surface area (Å²) in [6.45, 7) is 15.9. The van der Waals surface area contributed by atoms with Gasteiger partial charge in [0.2, 0.25) is 0 Å². The van der Waals surface area contributed by atoms with Crippen LogP contribution in [0.4, 0.5) is 0 Å². The van der Waals surface area contributed by atoms with Gasteiger partial charge in [-0.1, -0.05) is 26.3 Å². The monoisotopic (exact) mass is 1020 g/mol. The third kappa shape index (κ3) is 13.9. The molecule has 8 fully saturated rings. The van der Waals surface area contributed by atoms with E-state index in [4.69, 9.17) is 47.4 Å². The quantitative estimate of drug-likeness (QED) is 0.0925. The van der Waals surface area contributed by atoms with Gasteiger partial charge < -0.3 is 56.8 Å². The van der Waals surface area contributed by atoms with Crippen LogP contribution in [0.3, 0.4) is 0 Å². The van der Waals surface area contributed by atoms with Gasteiger partial charge in [0.05, 0.1) is 23.7 Å². The van der Waals surface area contributed by atoms with Crippen molar-refractivity contribution in [3.8, 4) is 0 Å². The lowest BCUT2D eigenvalue weighted by molar-refractivity contribution is -0.247. The van der Waals surface area contributed by atoms with Crippen LogP contribution in [0.5, 0.6) is 0 Å². The third-order valence-electron chi connectivity index (χ3n) is 12.7. The minimum atomic E-state index is -1.45. The minimum absolute atomic E-state index is 0.0523. The fraction of sp³-hybridized carbons (Fsp3) is 0.583. The van der Waals surface area contributed by atoms with Crippen molar-refractivity contribution in [3.63, 3.8) is 0 Å². The topological polar surface area (TPSA) is 316 Å². The molecule has 0 spiro atoms. The summed E-state index contributed by atoms with van der Waals surface area (Å²) in [5.74, 6) is -8.63. The summed E-state index contributed by atoms with van der Waals surface area (Å²) in [6, 6.07) is 0. The first-order valence-corrected chi connectivity index (χ1v) is 23.0. The molecule has 0 aromatic carbocycles. The summed E-state index contributed by atoms with van der Waals surface area (Å²) in [4.78, 5) is 134. The number of hydrogen-bond donors (Lipinski definition) is 0. The Hall–Kier alpha value is -7.40. The van der Waals surface area contributed by atoms with Gasteiger partial charge in [-0.2, -0.15) is 0 Å². The molecule has 4 saturated carbocycles. The highest BCUT2D eigenvalue weighted by molar-refractivity contribution is 5.89. The Morgan fingerprint density at radius 3 is 1.38 bits per heavy atom. The smallest absolute Gasteiger partial charge is 0.344 e. The second-order valence-corrected chi connectivity index (χ2v) is 17.9. The van der Waals surface area contributed by atoms with Gasteiger partial charge in [0.15, 0.2) is 25.4 Å². The van der Waals surface area contributed by atoms with Crippen LogP contribution < -0.4 is 0 Å². The highest BCUT2D eigenvalue weighted by Gasteiger charge is 2.60. The summed E-state index contributed by atoms with van der Waals surface area (Å²) in [5.41, 5.74) is 0.459. The standard InChI is InChI=1S/C13H16O6.2C12H14O6.C11H12O6/c1-7(2)12(15)17-6-11(14)18-9-4-3-8-5-10(9)19-13(8)16;1-7(2)10(14)17-9-4-3-8-5-12(9,16-6-13)18-11(8)15;1-2-10(13)16-6-11(14)17-8-4-3-7-5-9(8)18-12(7)15;1-2-9(13)16-8-4-3-7-5-11(8,15-6-12)17-10(7)14/h8-10H,1,3-6H2,2H3;6,8-9H,1,3-5H2,2H3;2,7-9H,1,3-6H2;2,6-8H,1,3-5H2. The van der Waals surface area contributed by atoms with Crippen LogP contribution in [0.2, 0.25) is 0 Å². The summed E-state index contributed by atoms with van der Waals surface area (Å²) < 4.78 is 60.0. The van der Waals surface area contributed by atoms with Gasteiger partial charge in [0, 0.05) is 49.0 Å². The van der Waals surface area contributed by atoms with E-state index < -0.39 is 97.0 Å². The SMILES string of the molecule is C=C(C)C(=O)OC1CCC2CC1(OC=O)OC2=O.C=C(C)C(=O)OCC(=O)OC1CCC2CC1OC2=O.C=CC(=O)OC1CCC2CC1(OC=O)OC2=O.C=CC(=O)OCC(=O)OC1CCC2CC1OC2=O. The van der Waals surface area contributed by atoms with Crippen molar-refractivity contribution >= 4 is 72.6 Å². The molecule has 24 nitrogen and oxygen atoms in total. The van der Waals surface area contributed by atoms with Crippen molar-refractivity contribution in [3.05, 3.63) is 49.6 Å². The molecule has 12 unspecified atom stereocenters. The molecule has 0 aromatic heterocycles. The molecule has 72 heavy (non-hydrogen) atoms. The molecular formula is C48H56O24. The van der Waals surface area contributed by atoms with Crippen molar-refractivity contribution < 1.29 is 114 Å². The number of ether oxygens (including phenoxy) is 12. The van der Waals surface area contributed by atoms with Crippen LogP contribution in [0.1, 0.15) is 90.9 Å². The third-order valence-corrected chi connectivity index (χ3v) is 12.7. The number of carbonyl (C=O) groups excluding carboxylic acids is 12. The Labute approximate surface area is 411 Å². The van der Waals surface area contributed by atoms with Gasteiger partial charge in [-0.15, -0.1) is 0 Å². The average molecular weight is 1020 g/mol. The minimum Gasteiger partial charge on any atom is -0.458 e. The molecule has 4 aliphatic carbocycles. The number of carbonyl (C=O) groups is 12. The molecule has 4 heterocycles. The lowest BCUT2D eigenvalue weighted by atomic mass is 9.85. The molecule has 4 aliphatic heterocycles. The number of rotatable bonds is 16. The Morgan fingerprint density at radius 1 is 0.542 bits per heavy atom. The first kappa shape index (κ1) is 55.5. The second kappa shape index (κ2) is 24.6. The normalized spacial score (nSPS) is 31.4. The second-order valence-electron chi connectivity index (χ2n) is 17.9. The highest BCUT2D eigenvalue weighted by atomic mass is 16.8. The van der Waals surface area contributed by atoms with Crippen LogP contribution in [-0.2, 0) is 114 Å². The highest BCUT2D eigenvalue weighted by Crippen LogP contribution is 2.46. The van der Waals surface area contributed by atoms with Gasteiger partial charge >= 0.3 is 59.7 Å². The van der Waals surface area contributed by atoms with E-state index in [1.807, 2.05) is 0 Å². The number of fused-ring (bicyclic) bond motifs is 8. The van der Waals surface area contributed by atoms with Gasteiger partial charge in [0.25, 0.3) is 24.5 Å². The molecule has 392 valence electrons. The summed E-state index contributed by atoms with van der Waals surface area (Å²) >= 11 is 0. The zero-order chi connectivity index (χ0) is 52.9. The Bertz CT molecular complexity index is 2210. The lowest BCUT2D eigenvalue weighted by Gasteiger charge is -2.35. The molecule has 8 aliphatic rings. The maximum Gasteiger partial charge on any atom is 0.344 e. The van der Waals surface area contributed by atoms with E-state index in [0.29, 0.717) is 64.2 Å². The summed E-state index contributed by atoms with van der Waals surface area (Å²) in [5, 5.41) is 0. The van der Waals surface area contributed by atoms with Crippen LogP contribution >= 0.6 is 0 Å². The molecule has 0 amide bonds. The molecular weight excluding hydrogens is 961 g/mol. The van der Waals surface area contributed by atoms with E-state index in [1.165, 1.54) is 13.8 Å². The van der Waals surface area contributed by atoms with Crippen molar-refractivity contribution in [1.29, 1.82) is 0 Å². The van der Waals surface area contributed by atoms with Crippen molar-refractivity contribution in [1.82, 2.24) is 0 Å². The van der Waals surface area contributed by atoms with E-state index in [-0.39, 0.29) is 84.8 Å². The van der Waals surface area contributed by atoms with E-state index in [1.54, 1.807) is 0 Å². The fourth-order valence-corrected chi connectivity index (χ4v) is 9.08. The van der Waals surface area contributed by atoms with Crippen molar-refractivity contribution in [2.24, 2.45) is 23.7 Å². The molecule has 0 aromatic rings. The maximum atomic E-state index is 11.5. The van der Waals surface area contributed by atoms with E-state index >= 15 is 0 Å². The van der Waals surface area contributed by atoms with Gasteiger partial charge in [0.1, 0.15) is 24.4 Å². The Morgan fingerprint density at radius 2 is 0.958 bits per heavy atom. The van der Waals surface area contributed by atoms with Crippen LogP contribution in [0.25, 0.3) is 0 Å². The first-order chi connectivity index (χ1) is 34.2. The average Bonchev–Trinajstić information content (AvgIpc) is 4.00. The molecule has 24 heteroatoms. The molecule has 0 radical (unpaired) electrons. The predicted octanol–water partition coefficient (Wildman–Crippen LogP) is 2.11. The lowest BCUT2D eigenvalue weighted by Crippen LogP contribution is -2.48. The van der Waals surface area contributed by atoms with E-state index in [2.05, 4.69) is 35.8 Å². The Kier molecular flexibility index (Phi) is 19.0. The van der Waals surface area contributed by atoms with Crippen LogP contribution in [0.15, 0.2) is 49.6 Å². The summed E-state index contributed by atoms with van der Waals surface area (Å²) in [7, 11) is 0. The van der Waals surface area contributed by atoms with Crippen molar-refractivity contribution in [2.75, 3.05) is 13.2 Å². The Balaban J connectivity index is 0.000000178. The van der Waals surface area contributed by atoms with Crippen molar-refractivity contribution in [2.45, 2.75) is 139 Å². The zero-order valence-electron chi connectivity index (χ0n) is 39.6. The summed E-state index contributed by atoms with van der Waals surface area (Å²) in [6.07, 6.45) is 5.03. The molecule has 0 N–H and O–H groups in total. The number of esters is 10. The fourth-order valence-electron chi connectivity index (χ4n) is 9.08. The van der Waals surface area contributed by atoms with E-state index in [0.717, 1.165) is 12.2 Å². The molecule has 12 atom stereocenters. The van der Waals surface area contributed by atoms with E-state index in [9.17, 15) is 57.5 Å². The number of hydrogen-bond acceptors (Lipinski definition) is 24. The predicted molar refractivity (Wildman–Crippen MR) is 233 cm³/mol. The first-order valence-electron chi connectivity index (χ1n) is 23.0. The van der Waals surface area contributed by atoms with Gasteiger partial charge in [-0.3, -0.25) is 28.8 Å². The molecule has 8 rings (SSSR count).